The molecule has 1 aromatic rings. The van der Waals surface area contributed by atoms with Gasteiger partial charge in [-0.25, -0.2) is 0 Å². The van der Waals surface area contributed by atoms with Crippen LogP contribution in [0.2, 0.25) is 0 Å². The van der Waals surface area contributed by atoms with Gasteiger partial charge < -0.3 is 15.2 Å². The van der Waals surface area contributed by atoms with Crippen molar-refractivity contribution in [3.05, 3.63) is 22.4 Å². The molecule has 2 rings (SSSR count). The molecule has 3 nitrogen and oxygen atoms in total. The van der Waals surface area contributed by atoms with Gasteiger partial charge in [0.15, 0.2) is 6.29 Å². The minimum atomic E-state index is -0.0800. The van der Waals surface area contributed by atoms with Crippen LogP contribution in [0.5, 0.6) is 0 Å². The molecule has 0 aromatic carbocycles. The Hall–Kier alpha value is -0.420. The molecule has 0 spiro atoms. The van der Waals surface area contributed by atoms with E-state index in [1.165, 1.54) is 5.56 Å². The van der Waals surface area contributed by atoms with E-state index in [-0.39, 0.29) is 12.3 Å². The predicted molar refractivity (Wildman–Crippen MR) is 56.3 cm³/mol. The van der Waals surface area contributed by atoms with Crippen molar-refractivity contribution in [2.45, 2.75) is 25.2 Å². The second kappa shape index (κ2) is 4.89. The van der Waals surface area contributed by atoms with Gasteiger partial charge in [-0.2, -0.15) is 11.3 Å². The maximum Gasteiger partial charge on any atom is 0.159 e. The predicted octanol–water partition coefficient (Wildman–Crippen LogP) is 1.38. The molecule has 0 radical (unpaired) electrons. The number of rotatable bonds is 4. The maximum atomic E-state index is 5.99. The van der Waals surface area contributed by atoms with E-state index in [9.17, 15) is 0 Å². The molecule has 1 saturated heterocycles. The molecule has 0 bridgehead atoms. The lowest BCUT2D eigenvalue weighted by molar-refractivity contribution is -0.0504. The van der Waals surface area contributed by atoms with Crippen molar-refractivity contribution in [1.82, 2.24) is 0 Å². The molecule has 14 heavy (non-hydrogen) atoms. The largest absolute Gasteiger partial charge is 0.350 e. The Labute approximate surface area is 87.8 Å². The zero-order chi connectivity index (χ0) is 9.80. The van der Waals surface area contributed by atoms with Gasteiger partial charge >= 0.3 is 0 Å². The number of ether oxygens (including phenoxy) is 2. The monoisotopic (exact) mass is 213 g/mol. The third-order valence-electron chi connectivity index (χ3n) is 2.26. The highest BCUT2D eigenvalue weighted by Crippen LogP contribution is 2.14. The SMILES string of the molecule is NC(Cc1ccsc1)CC1OCCO1. The fourth-order valence-corrected chi connectivity index (χ4v) is 2.27. The van der Waals surface area contributed by atoms with E-state index < -0.39 is 0 Å². The van der Waals surface area contributed by atoms with Crippen molar-refractivity contribution < 1.29 is 9.47 Å². The molecule has 78 valence electrons. The van der Waals surface area contributed by atoms with Crippen molar-refractivity contribution in [1.29, 1.82) is 0 Å². The van der Waals surface area contributed by atoms with Crippen LogP contribution >= 0.6 is 11.3 Å². The molecule has 1 aromatic heterocycles. The summed E-state index contributed by atoms with van der Waals surface area (Å²) in [5.74, 6) is 0. The normalized spacial score (nSPS) is 20.1. The Morgan fingerprint density at radius 2 is 2.29 bits per heavy atom. The molecule has 1 atom stereocenters. The molecule has 0 aliphatic carbocycles. The molecular weight excluding hydrogens is 198 g/mol. The van der Waals surface area contributed by atoms with Gasteiger partial charge in [0.25, 0.3) is 0 Å². The van der Waals surface area contributed by atoms with Crippen LogP contribution in [0, 0.1) is 0 Å². The van der Waals surface area contributed by atoms with E-state index in [0.717, 1.165) is 12.8 Å². The lowest BCUT2D eigenvalue weighted by Gasteiger charge is -2.14. The third kappa shape index (κ3) is 2.78. The van der Waals surface area contributed by atoms with Gasteiger partial charge in [0.05, 0.1) is 13.2 Å². The Balaban J connectivity index is 1.75. The van der Waals surface area contributed by atoms with Crippen LogP contribution in [-0.2, 0) is 15.9 Å². The van der Waals surface area contributed by atoms with Crippen LogP contribution in [0.3, 0.4) is 0 Å². The average Bonchev–Trinajstić information content (AvgIpc) is 2.76. The standard InChI is InChI=1S/C10H15NO2S/c11-9(5-8-1-4-14-7-8)6-10-12-2-3-13-10/h1,4,7,9-10H,2-3,5-6,11H2. The fraction of sp³-hybridized carbons (Fsp3) is 0.600. The first-order valence-electron chi connectivity index (χ1n) is 4.84. The third-order valence-corrected chi connectivity index (χ3v) is 3.00. The average molecular weight is 213 g/mol. The molecule has 4 heteroatoms. The Kier molecular flexibility index (Phi) is 3.53. The lowest BCUT2D eigenvalue weighted by Crippen LogP contribution is -2.28. The van der Waals surface area contributed by atoms with Gasteiger partial charge in [0.2, 0.25) is 0 Å². The molecule has 2 N–H and O–H groups in total. The van der Waals surface area contributed by atoms with E-state index in [0.29, 0.717) is 13.2 Å². The maximum absolute atomic E-state index is 5.99. The van der Waals surface area contributed by atoms with Crippen molar-refractivity contribution in [3.63, 3.8) is 0 Å². The van der Waals surface area contributed by atoms with Crippen LogP contribution in [0.4, 0.5) is 0 Å². The molecular formula is C10H15NO2S. The Bertz CT molecular complexity index is 257. The van der Waals surface area contributed by atoms with E-state index in [4.69, 9.17) is 15.2 Å². The summed E-state index contributed by atoms with van der Waals surface area (Å²) in [5, 5.41) is 4.21. The first kappa shape index (κ1) is 10.1. The summed E-state index contributed by atoms with van der Waals surface area (Å²) >= 11 is 1.71. The van der Waals surface area contributed by atoms with Crippen LogP contribution in [0.25, 0.3) is 0 Å². The van der Waals surface area contributed by atoms with Crippen molar-refractivity contribution in [3.8, 4) is 0 Å². The summed E-state index contributed by atoms with van der Waals surface area (Å²) in [6.45, 7) is 1.41. The topological polar surface area (TPSA) is 44.5 Å². The number of nitrogens with two attached hydrogens (primary N) is 1. The molecule has 0 amide bonds. The second-order valence-corrected chi connectivity index (χ2v) is 4.28. The summed E-state index contributed by atoms with van der Waals surface area (Å²) in [7, 11) is 0. The van der Waals surface area contributed by atoms with E-state index in [1.54, 1.807) is 11.3 Å². The highest BCUT2D eigenvalue weighted by Gasteiger charge is 2.19. The number of thiophene rings is 1. The summed E-state index contributed by atoms with van der Waals surface area (Å²) < 4.78 is 10.7. The summed E-state index contributed by atoms with van der Waals surface area (Å²) in [5.41, 5.74) is 7.30. The van der Waals surface area contributed by atoms with E-state index >= 15 is 0 Å². The first-order valence-corrected chi connectivity index (χ1v) is 5.79. The second-order valence-electron chi connectivity index (χ2n) is 3.50. The zero-order valence-corrected chi connectivity index (χ0v) is 8.83. The molecule has 1 aliphatic rings. The summed E-state index contributed by atoms with van der Waals surface area (Å²) in [4.78, 5) is 0. The number of hydrogen-bond donors (Lipinski definition) is 1. The number of hydrogen-bond acceptors (Lipinski definition) is 4. The van der Waals surface area contributed by atoms with Gasteiger partial charge in [0.1, 0.15) is 0 Å². The Morgan fingerprint density at radius 3 is 2.93 bits per heavy atom. The molecule has 1 unspecified atom stereocenters. The van der Waals surface area contributed by atoms with Crippen LogP contribution in [-0.4, -0.2) is 25.5 Å². The van der Waals surface area contributed by atoms with Crippen LogP contribution in [0.1, 0.15) is 12.0 Å². The van der Waals surface area contributed by atoms with Gasteiger partial charge in [-0.05, 0) is 28.8 Å². The van der Waals surface area contributed by atoms with Gasteiger partial charge in [0, 0.05) is 12.5 Å². The fourth-order valence-electron chi connectivity index (χ4n) is 1.59. The molecule has 0 saturated carbocycles. The van der Waals surface area contributed by atoms with Crippen molar-refractivity contribution in [2.75, 3.05) is 13.2 Å². The molecule has 1 fully saturated rings. The van der Waals surface area contributed by atoms with Crippen molar-refractivity contribution in [2.24, 2.45) is 5.73 Å². The highest BCUT2D eigenvalue weighted by atomic mass is 32.1. The highest BCUT2D eigenvalue weighted by molar-refractivity contribution is 7.07. The quantitative estimate of drug-likeness (QED) is 0.821. The Morgan fingerprint density at radius 1 is 1.50 bits per heavy atom. The minimum Gasteiger partial charge on any atom is -0.350 e. The lowest BCUT2D eigenvalue weighted by atomic mass is 10.1. The van der Waals surface area contributed by atoms with E-state index in [2.05, 4.69) is 16.8 Å². The van der Waals surface area contributed by atoms with E-state index in [1.807, 2.05) is 0 Å². The van der Waals surface area contributed by atoms with Gasteiger partial charge in [-0.15, -0.1) is 0 Å². The zero-order valence-electron chi connectivity index (χ0n) is 8.02. The van der Waals surface area contributed by atoms with Gasteiger partial charge in [-0.3, -0.25) is 0 Å². The molecule has 2 heterocycles. The van der Waals surface area contributed by atoms with Crippen molar-refractivity contribution >= 4 is 11.3 Å². The minimum absolute atomic E-state index is 0.0800. The van der Waals surface area contributed by atoms with Crippen LogP contribution < -0.4 is 5.73 Å². The smallest absolute Gasteiger partial charge is 0.159 e. The molecule has 1 aliphatic heterocycles. The summed E-state index contributed by atoms with van der Waals surface area (Å²) in [6, 6.07) is 2.24. The van der Waals surface area contributed by atoms with Crippen LogP contribution in [0.15, 0.2) is 16.8 Å². The first-order chi connectivity index (χ1) is 6.84. The summed E-state index contributed by atoms with van der Waals surface area (Å²) in [6.07, 6.45) is 1.62. The van der Waals surface area contributed by atoms with Gasteiger partial charge in [-0.1, -0.05) is 0 Å².